The third-order valence-corrected chi connectivity index (χ3v) is 2.22. The van der Waals surface area contributed by atoms with Crippen LogP contribution in [-0.2, 0) is 0 Å². The topological polar surface area (TPSA) is 82.3 Å². The highest BCUT2D eigenvalue weighted by Gasteiger charge is 2.14. The third kappa shape index (κ3) is 3.38. The number of phenolic OH excluding ortho intramolecular Hbond substituents is 1. The highest BCUT2D eigenvalue weighted by Crippen LogP contribution is 2.23. The van der Waals surface area contributed by atoms with Gasteiger partial charge in [-0.3, -0.25) is 4.79 Å². The van der Waals surface area contributed by atoms with Gasteiger partial charge in [-0.1, -0.05) is 0 Å². The van der Waals surface area contributed by atoms with Crippen molar-refractivity contribution in [1.29, 1.82) is 5.26 Å². The summed E-state index contributed by atoms with van der Waals surface area (Å²) in [5, 5.41) is 20.7. The maximum atomic E-state index is 11.7. The molecule has 0 bridgehead atoms. The number of carbonyl (C=O) groups is 1. The summed E-state index contributed by atoms with van der Waals surface area (Å²) in [6.45, 7) is 1.72. The molecule has 0 radical (unpaired) electrons. The van der Waals surface area contributed by atoms with Gasteiger partial charge in [0.2, 0.25) is 0 Å². The van der Waals surface area contributed by atoms with Gasteiger partial charge in [-0.2, -0.15) is 5.26 Å². The normalized spacial score (nSPS) is 11.4. The number of aromatic hydroxyl groups is 1. The predicted octanol–water partition coefficient (Wildman–Crippen LogP) is 1.43. The van der Waals surface area contributed by atoms with Gasteiger partial charge >= 0.3 is 0 Å². The number of hydrogen-bond donors (Lipinski definition) is 2. The lowest BCUT2D eigenvalue weighted by Gasteiger charge is -2.11. The molecule has 1 atom stereocenters. The van der Waals surface area contributed by atoms with Gasteiger partial charge in [0.15, 0.2) is 0 Å². The van der Waals surface area contributed by atoms with Crippen LogP contribution < -0.4 is 10.1 Å². The molecule has 5 heteroatoms. The van der Waals surface area contributed by atoms with Gasteiger partial charge in [-0.25, -0.2) is 0 Å². The van der Waals surface area contributed by atoms with Crippen molar-refractivity contribution in [3.8, 4) is 17.6 Å². The lowest BCUT2D eigenvalue weighted by atomic mass is 10.1. The van der Waals surface area contributed by atoms with Crippen LogP contribution in [-0.4, -0.2) is 24.2 Å². The molecule has 0 heterocycles. The molecule has 0 spiro atoms. The molecule has 1 rings (SSSR count). The molecular weight excluding hydrogens is 220 g/mol. The fraction of sp³-hybridized carbons (Fsp3) is 0.333. The van der Waals surface area contributed by atoms with Crippen LogP contribution in [0.15, 0.2) is 18.2 Å². The van der Waals surface area contributed by atoms with Crippen LogP contribution in [0.25, 0.3) is 0 Å². The Balaban J connectivity index is 2.79. The number of hydrogen-bond acceptors (Lipinski definition) is 4. The van der Waals surface area contributed by atoms with E-state index in [1.807, 2.05) is 6.07 Å². The predicted molar refractivity (Wildman–Crippen MR) is 61.8 cm³/mol. The summed E-state index contributed by atoms with van der Waals surface area (Å²) in [6, 6.07) is 6.13. The smallest absolute Gasteiger partial charge is 0.255 e. The zero-order valence-corrected chi connectivity index (χ0v) is 9.73. The second-order valence-corrected chi connectivity index (χ2v) is 3.62. The molecule has 0 aliphatic heterocycles. The molecule has 5 nitrogen and oxygen atoms in total. The van der Waals surface area contributed by atoms with E-state index in [9.17, 15) is 9.90 Å². The molecule has 0 saturated carbocycles. The van der Waals surface area contributed by atoms with Crippen LogP contribution >= 0.6 is 0 Å². The zero-order valence-electron chi connectivity index (χ0n) is 9.73. The summed E-state index contributed by atoms with van der Waals surface area (Å²) in [6.07, 6.45) is 0.225. The van der Waals surface area contributed by atoms with Crippen molar-refractivity contribution in [1.82, 2.24) is 5.32 Å². The summed E-state index contributed by atoms with van der Waals surface area (Å²) in [4.78, 5) is 11.7. The lowest BCUT2D eigenvalue weighted by molar-refractivity contribution is 0.0938. The first-order valence-electron chi connectivity index (χ1n) is 5.13. The SMILES string of the molecule is COc1ccc(C(=O)N[C@H](C)CC#N)c(O)c1. The van der Waals surface area contributed by atoms with E-state index >= 15 is 0 Å². The molecule has 0 saturated heterocycles. The molecule has 0 fully saturated rings. The van der Waals surface area contributed by atoms with Gasteiger partial charge in [0.25, 0.3) is 5.91 Å². The molecule has 0 aromatic heterocycles. The number of ether oxygens (including phenoxy) is 1. The number of nitrogens with zero attached hydrogens (tertiary/aromatic N) is 1. The minimum Gasteiger partial charge on any atom is -0.507 e. The second-order valence-electron chi connectivity index (χ2n) is 3.62. The quantitative estimate of drug-likeness (QED) is 0.825. The minimum absolute atomic E-state index is 0.147. The Morgan fingerprint density at radius 3 is 2.88 bits per heavy atom. The summed E-state index contributed by atoms with van der Waals surface area (Å²) in [5.41, 5.74) is 0.163. The Morgan fingerprint density at radius 1 is 1.65 bits per heavy atom. The monoisotopic (exact) mass is 234 g/mol. The standard InChI is InChI=1S/C12H14N2O3/c1-8(5-6-13)14-12(16)10-4-3-9(17-2)7-11(10)15/h3-4,7-8,15H,5H2,1-2H3,(H,14,16)/t8-/m1/s1. The van der Waals surface area contributed by atoms with E-state index < -0.39 is 5.91 Å². The summed E-state index contributed by atoms with van der Waals surface area (Å²) < 4.78 is 4.91. The number of rotatable bonds is 4. The van der Waals surface area contributed by atoms with Gasteiger partial charge in [0.1, 0.15) is 11.5 Å². The molecule has 0 aliphatic carbocycles. The van der Waals surface area contributed by atoms with E-state index in [2.05, 4.69) is 5.32 Å². The van der Waals surface area contributed by atoms with Crippen molar-refractivity contribution in [2.75, 3.05) is 7.11 Å². The zero-order chi connectivity index (χ0) is 12.8. The molecule has 1 amide bonds. The van der Waals surface area contributed by atoms with Gasteiger partial charge in [-0.05, 0) is 19.1 Å². The van der Waals surface area contributed by atoms with Crippen molar-refractivity contribution in [3.63, 3.8) is 0 Å². The average Bonchev–Trinajstić information content (AvgIpc) is 2.28. The number of phenols is 1. The molecule has 17 heavy (non-hydrogen) atoms. The number of nitrogens with one attached hydrogen (secondary N) is 1. The van der Waals surface area contributed by atoms with E-state index in [-0.39, 0.29) is 23.8 Å². The van der Waals surface area contributed by atoms with Gasteiger partial charge < -0.3 is 15.2 Å². The van der Waals surface area contributed by atoms with Gasteiger partial charge in [0.05, 0.1) is 25.2 Å². The molecule has 1 aromatic rings. The van der Waals surface area contributed by atoms with Crippen molar-refractivity contribution < 1.29 is 14.6 Å². The van der Waals surface area contributed by atoms with E-state index in [1.54, 1.807) is 13.0 Å². The van der Waals surface area contributed by atoms with Crippen molar-refractivity contribution >= 4 is 5.91 Å². The number of nitriles is 1. The maximum Gasteiger partial charge on any atom is 0.255 e. The lowest BCUT2D eigenvalue weighted by Crippen LogP contribution is -2.32. The number of benzene rings is 1. The van der Waals surface area contributed by atoms with E-state index in [0.717, 1.165) is 0 Å². The van der Waals surface area contributed by atoms with Gasteiger partial charge in [0, 0.05) is 12.1 Å². The number of methoxy groups -OCH3 is 1. The molecule has 1 aromatic carbocycles. The molecule has 2 N–H and O–H groups in total. The molecule has 90 valence electrons. The van der Waals surface area contributed by atoms with Crippen LogP contribution in [0.5, 0.6) is 11.5 Å². The summed E-state index contributed by atoms with van der Waals surface area (Å²) in [7, 11) is 1.48. The highest BCUT2D eigenvalue weighted by atomic mass is 16.5. The Bertz CT molecular complexity index is 452. The van der Waals surface area contributed by atoms with Crippen LogP contribution in [0.2, 0.25) is 0 Å². The Labute approximate surface area is 99.6 Å². The fourth-order valence-electron chi connectivity index (χ4n) is 1.32. The number of amides is 1. The first-order valence-corrected chi connectivity index (χ1v) is 5.13. The second kappa shape index (κ2) is 5.75. The first kappa shape index (κ1) is 12.8. The average molecular weight is 234 g/mol. The van der Waals surface area contributed by atoms with E-state index in [0.29, 0.717) is 5.75 Å². The molecule has 0 aliphatic rings. The molecular formula is C12H14N2O3. The van der Waals surface area contributed by atoms with Crippen LogP contribution in [0.3, 0.4) is 0 Å². The Hall–Kier alpha value is -2.22. The van der Waals surface area contributed by atoms with Crippen LogP contribution in [0.1, 0.15) is 23.7 Å². The largest absolute Gasteiger partial charge is 0.507 e. The fourth-order valence-corrected chi connectivity index (χ4v) is 1.32. The van der Waals surface area contributed by atoms with Crippen molar-refractivity contribution in [2.24, 2.45) is 0 Å². The maximum absolute atomic E-state index is 11.7. The van der Waals surface area contributed by atoms with Crippen molar-refractivity contribution in [2.45, 2.75) is 19.4 Å². The Morgan fingerprint density at radius 2 is 2.35 bits per heavy atom. The highest BCUT2D eigenvalue weighted by molar-refractivity contribution is 5.97. The third-order valence-electron chi connectivity index (χ3n) is 2.22. The van der Waals surface area contributed by atoms with Crippen LogP contribution in [0, 0.1) is 11.3 Å². The van der Waals surface area contributed by atoms with Crippen LogP contribution in [0.4, 0.5) is 0 Å². The summed E-state index contributed by atoms with van der Waals surface area (Å²) in [5.74, 6) is -0.0805. The van der Waals surface area contributed by atoms with E-state index in [4.69, 9.17) is 10.00 Å². The first-order chi connectivity index (χ1) is 8.08. The molecule has 0 unspecified atom stereocenters. The Kier molecular flexibility index (Phi) is 4.35. The van der Waals surface area contributed by atoms with E-state index in [1.165, 1.54) is 19.2 Å². The number of carbonyl (C=O) groups excluding carboxylic acids is 1. The minimum atomic E-state index is -0.409. The van der Waals surface area contributed by atoms with Gasteiger partial charge in [-0.15, -0.1) is 0 Å². The van der Waals surface area contributed by atoms with Crippen molar-refractivity contribution in [3.05, 3.63) is 23.8 Å². The summed E-state index contributed by atoms with van der Waals surface area (Å²) >= 11 is 0.